The highest BCUT2D eigenvalue weighted by Gasteiger charge is 2.31. The van der Waals surface area contributed by atoms with Crippen LogP contribution in [0.25, 0.3) is 10.2 Å². The molecule has 0 unspecified atom stereocenters. The fraction of sp³-hybridized carbons (Fsp3) is 0.231. The third-order valence-corrected chi connectivity index (χ3v) is 7.13. The first-order chi connectivity index (χ1) is 16.5. The van der Waals surface area contributed by atoms with Crippen LogP contribution in [-0.4, -0.2) is 52.0 Å². The number of hydrogen-bond acceptors (Lipinski definition) is 3. The minimum absolute atomic E-state index is 0.0551. The van der Waals surface area contributed by atoms with Crippen molar-refractivity contribution in [2.45, 2.75) is 19.5 Å². The number of anilines is 1. The van der Waals surface area contributed by atoms with Gasteiger partial charge in [0.1, 0.15) is 16.3 Å². The Labute approximate surface area is 201 Å². The molecule has 1 aliphatic heterocycles. The standard InChI is InChI=1S/C26H25FN4O2S/c1-18-16-29(12-13-30(18)26(33)28-22-5-3-2-4-6-22)24(32)23-15-20-11-14-34-25(20)31(23)17-19-7-9-21(27)10-8-19/h2-11,14-15,18H,12-13,16-17H2,1H3,(H,28,33)/t18-/m0/s1. The molecule has 8 heteroatoms. The Hall–Kier alpha value is -3.65. The summed E-state index contributed by atoms with van der Waals surface area (Å²) in [5.41, 5.74) is 2.29. The molecule has 0 aliphatic carbocycles. The lowest BCUT2D eigenvalue weighted by molar-refractivity contribution is 0.0583. The van der Waals surface area contributed by atoms with Gasteiger partial charge in [0, 0.05) is 43.3 Å². The van der Waals surface area contributed by atoms with Crippen LogP contribution in [0, 0.1) is 5.82 Å². The van der Waals surface area contributed by atoms with E-state index < -0.39 is 0 Å². The van der Waals surface area contributed by atoms with Crippen molar-refractivity contribution < 1.29 is 14.0 Å². The van der Waals surface area contributed by atoms with Crippen LogP contribution in [0.2, 0.25) is 0 Å². The van der Waals surface area contributed by atoms with Crippen molar-refractivity contribution >= 4 is 39.2 Å². The van der Waals surface area contributed by atoms with Gasteiger partial charge in [-0.3, -0.25) is 4.79 Å². The van der Waals surface area contributed by atoms with E-state index in [1.165, 1.54) is 12.1 Å². The summed E-state index contributed by atoms with van der Waals surface area (Å²) in [4.78, 5) is 30.9. The van der Waals surface area contributed by atoms with Gasteiger partial charge >= 0.3 is 6.03 Å². The molecule has 2 aromatic carbocycles. The van der Waals surface area contributed by atoms with Gasteiger partial charge in [0.15, 0.2) is 0 Å². The van der Waals surface area contributed by atoms with Gasteiger partial charge in [-0.15, -0.1) is 11.3 Å². The molecule has 1 saturated heterocycles. The van der Waals surface area contributed by atoms with Gasteiger partial charge in [-0.2, -0.15) is 0 Å². The van der Waals surface area contributed by atoms with Gasteiger partial charge in [0.2, 0.25) is 0 Å². The highest BCUT2D eigenvalue weighted by Crippen LogP contribution is 2.28. The van der Waals surface area contributed by atoms with E-state index in [4.69, 9.17) is 0 Å². The molecule has 2 aromatic heterocycles. The van der Waals surface area contributed by atoms with Crippen molar-refractivity contribution in [2.24, 2.45) is 0 Å². The molecule has 6 nitrogen and oxygen atoms in total. The number of nitrogens with one attached hydrogen (secondary N) is 1. The molecule has 1 atom stereocenters. The number of piperazine rings is 1. The second-order valence-corrected chi connectivity index (χ2v) is 9.41. The summed E-state index contributed by atoms with van der Waals surface area (Å²) in [5, 5.41) is 5.95. The summed E-state index contributed by atoms with van der Waals surface area (Å²) < 4.78 is 15.4. The van der Waals surface area contributed by atoms with Gasteiger partial charge in [-0.25, -0.2) is 9.18 Å². The first-order valence-electron chi connectivity index (χ1n) is 11.2. The van der Waals surface area contributed by atoms with Crippen molar-refractivity contribution in [1.29, 1.82) is 0 Å². The summed E-state index contributed by atoms with van der Waals surface area (Å²) in [7, 11) is 0. The molecule has 3 heterocycles. The Kier molecular flexibility index (Phi) is 6.06. The number of urea groups is 1. The number of halogens is 1. The van der Waals surface area contributed by atoms with E-state index in [1.54, 1.807) is 28.4 Å². The maximum Gasteiger partial charge on any atom is 0.322 e. The molecular formula is C26H25FN4O2S. The average molecular weight is 477 g/mol. The lowest BCUT2D eigenvalue weighted by atomic mass is 10.1. The largest absolute Gasteiger partial charge is 0.334 e. The van der Waals surface area contributed by atoms with Crippen molar-refractivity contribution in [2.75, 3.05) is 25.0 Å². The minimum Gasteiger partial charge on any atom is -0.334 e. The fourth-order valence-corrected chi connectivity index (χ4v) is 5.30. The van der Waals surface area contributed by atoms with E-state index in [1.807, 2.05) is 64.2 Å². The fourth-order valence-electron chi connectivity index (χ4n) is 4.40. The number of aromatic nitrogens is 1. The van der Waals surface area contributed by atoms with Crippen molar-refractivity contribution in [1.82, 2.24) is 14.4 Å². The normalized spacial score (nSPS) is 16.1. The van der Waals surface area contributed by atoms with E-state index in [2.05, 4.69) is 5.32 Å². The number of fused-ring (bicyclic) bond motifs is 1. The Morgan fingerprint density at radius 2 is 1.82 bits per heavy atom. The summed E-state index contributed by atoms with van der Waals surface area (Å²) >= 11 is 1.58. The maximum absolute atomic E-state index is 13.6. The topological polar surface area (TPSA) is 57.6 Å². The van der Waals surface area contributed by atoms with Gasteiger partial charge in [-0.05, 0) is 54.3 Å². The number of carbonyl (C=O) groups excluding carboxylic acids is 2. The molecule has 174 valence electrons. The molecule has 1 fully saturated rings. The first-order valence-corrected chi connectivity index (χ1v) is 12.1. The lowest BCUT2D eigenvalue weighted by Crippen LogP contribution is -2.56. The van der Waals surface area contributed by atoms with Crippen LogP contribution in [0.15, 0.2) is 72.1 Å². The number of benzene rings is 2. The first kappa shape index (κ1) is 22.2. The lowest BCUT2D eigenvalue weighted by Gasteiger charge is -2.39. The Morgan fingerprint density at radius 1 is 1.06 bits per heavy atom. The predicted molar refractivity (Wildman–Crippen MR) is 133 cm³/mol. The molecule has 3 amide bonds. The molecule has 1 aliphatic rings. The molecule has 5 rings (SSSR count). The summed E-state index contributed by atoms with van der Waals surface area (Å²) in [5.74, 6) is -0.336. The van der Waals surface area contributed by atoms with Crippen LogP contribution >= 0.6 is 11.3 Å². The van der Waals surface area contributed by atoms with Gasteiger partial charge in [0.05, 0.1) is 0 Å². The van der Waals surface area contributed by atoms with Crippen LogP contribution in [0.3, 0.4) is 0 Å². The molecule has 1 N–H and O–H groups in total. The number of hydrogen-bond donors (Lipinski definition) is 1. The summed E-state index contributed by atoms with van der Waals surface area (Å²) in [6, 6.07) is 19.4. The van der Waals surface area contributed by atoms with E-state index in [9.17, 15) is 14.0 Å². The zero-order chi connectivity index (χ0) is 23.7. The molecule has 0 saturated carbocycles. The average Bonchev–Trinajstić information content (AvgIpc) is 3.43. The van der Waals surface area contributed by atoms with Gasteiger partial charge in [-0.1, -0.05) is 30.3 Å². The smallest absolute Gasteiger partial charge is 0.322 e. The Balaban J connectivity index is 1.32. The number of thiophene rings is 1. The van der Waals surface area contributed by atoms with E-state index in [0.29, 0.717) is 31.9 Å². The van der Waals surface area contributed by atoms with Crippen LogP contribution in [0.5, 0.6) is 0 Å². The van der Waals surface area contributed by atoms with Crippen LogP contribution in [0.4, 0.5) is 14.9 Å². The molecular weight excluding hydrogens is 451 g/mol. The number of rotatable bonds is 4. The zero-order valence-corrected chi connectivity index (χ0v) is 19.6. The number of amides is 3. The molecule has 4 aromatic rings. The van der Waals surface area contributed by atoms with E-state index in [-0.39, 0.29) is 23.8 Å². The van der Waals surface area contributed by atoms with E-state index in [0.717, 1.165) is 21.5 Å². The third-order valence-electron chi connectivity index (χ3n) is 6.18. The number of para-hydroxylation sites is 1. The number of nitrogens with zero attached hydrogens (tertiary/aromatic N) is 3. The van der Waals surface area contributed by atoms with Gasteiger partial charge < -0.3 is 19.7 Å². The SMILES string of the molecule is C[C@H]1CN(C(=O)c2cc3ccsc3n2Cc2ccc(F)cc2)CCN1C(=O)Nc1ccccc1. The highest BCUT2D eigenvalue weighted by atomic mass is 32.1. The predicted octanol–water partition coefficient (Wildman–Crippen LogP) is 5.27. The summed E-state index contributed by atoms with van der Waals surface area (Å²) in [6.07, 6.45) is 0. The Bertz CT molecular complexity index is 1320. The van der Waals surface area contributed by atoms with Crippen LogP contribution in [0.1, 0.15) is 23.0 Å². The zero-order valence-electron chi connectivity index (χ0n) is 18.8. The second-order valence-electron chi connectivity index (χ2n) is 8.51. The third kappa shape index (κ3) is 4.41. The van der Waals surface area contributed by atoms with Crippen molar-refractivity contribution in [3.8, 4) is 0 Å². The van der Waals surface area contributed by atoms with Crippen molar-refractivity contribution in [3.63, 3.8) is 0 Å². The quantitative estimate of drug-likeness (QED) is 0.436. The van der Waals surface area contributed by atoms with Crippen LogP contribution in [-0.2, 0) is 6.54 Å². The van der Waals surface area contributed by atoms with Crippen molar-refractivity contribution in [3.05, 3.63) is 89.2 Å². The molecule has 0 bridgehead atoms. The highest BCUT2D eigenvalue weighted by molar-refractivity contribution is 7.16. The minimum atomic E-state index is -0.281. The Morgan fingerprint density at radius 3 is 2.56 bits per heavy atom. The second kappa shape index (κ2) is 9.30. The maximum atomic E-state index is 13.6. The van der Waals surface area contributed by atoms with Gasteiger partial charge in [0.25, 0.3) is 5.91 Å². The molecule has 0 spiro atoms. The monoisotopic (exact) mass is 476 g/mol. The number of carbonyl (C=O) groups is 2. The molecule has 34 heavy (non-hydrogen) atoms. The van der Waals surface area contributed by atoms with Crippen LogP contribution < -0.4 is 5.32 Å². The molecule has 0 radical (unpaired) electrons. The van der Waals surface area contributed by atoms with E-state index >= 15 is 0 Å². The summed E-state index contributed by atoms with van der Waals surface area (Å²) in [6.45, 7) is 3.82.